The first kappa shape index (κ1) is 17.5. The van der Waals surface area contributed by atoms with Gasteiger partial charge >= 0.3 is 0 Å². The number of sulfone groups is 1. The third-order valence-electron chi connectivity index (χ3n) is 3.91. The molecule has 0 radical (unpaired) electrons. The number of hydrogen-bond acceptors (Lipinski definition) is 4. The van der Waals surface area contributed by atoms with E-state index < -0.39 is 26.6 Å². The van der Waals surface area contributed by atoms with Crippen LogP contribution >= 0.6 is 0 Å². The molecular formula is C16H22N2O4S. The fourth-order valence-electron chi connectivity index (χ4n) is 2.43. The number of carbonyl (C=O) groups is 1. The number of carbonyl (C=O) groups excluding carboxylic acids is 1. The number of amides is 1. The van der Waals surface area contributed by atoms with Crippen molar-refractivity contribution in [1.82, 2.24) is 10.3 Å². The van der Waals surface area contributed by atoms with Crippen molar-refractivity contribution < 1.29 is 13.2 Å². The normalized spacial score (nSPS) is 14.9. The maximum Gasteiger partial charge on any atom is 0.261 e. The van der Waals surface area contributed by atoms with Gasteiger partial charge < -0.3 is 10.3 Å². The number of aryl methyl sites for hydroxylation is 2. The van der Waals surface area contributed by atoms with Crippen LogP contribution in [0, 0.1) is 0 Å². The molecule has 6 nitrogen and oxygen atoms in total. The Morgan fingerprint density at radius 2 is 2.04 bits per heavy atom. The van der Waals surface area contributed by atoms with Gasteiger partial charge in [-0.3, -0.25) is 9.59 Å². The lowest BCUT2D eigenvalue weighted by molar-refractivity contribution is 0.0956. The summed E-state index contributed by atoms with van der Waals surface area (Å²) in [5, 5.41) is 3.14. The minimum Gasteiger partial charge on any atom is -0.348 e. The van der Waals surface area contributed by atoms with Crippen LogP contribution in [0.1, 0.15) is 48.3 Å². The maximum absolute atomic E-state index is 12.1. The highest BCUT2D eigenvalue weighted by Crippen LogP contribution is 2.18. The van der Waals surface area contributed by atoms with Gasteiger partial charge in [0.25, 0.3) is 11.5 Å². The Bertz CT molecular complexity index is 776. The molecule has 0 bridgehead atoms. The van der Waals surface area contributed by atoms with Crippen molar-refractivity contribution in [3.05, 3.63) is 44.7 Å². The molecule has 7 heteroatoms. The van der Waals surface area contributed by atoms with E-state index in [0.29, 0.717) is 0 Å². The Morgan fingerprint density at radius 1 is 1.35 bits per heavy atom. The van der Waals surface area contributed by atoms with Crippen molar-refractivity contribution in [3.63, 3.8) is 0 Å². The summed E-state index contributed by atoms with van der Waals surface area (Å²) < 4.78 is 23.2. The van der Waals surface area contributed by atoms with Gasteiger partial charge in [0.15, 0.2) is 9.84 Å². The molecule has 0 unspecified atom stereocenters. The predicted molar refractivity (Wildman–Crippen MR) is 89.2 cm³/mol. The maximum atomic E-state index is 12.1. The second-order valence-electron chi connectivity index (χ2n) is 5.94. The molecule has 1 amide bonds. The van der Waals surface area contributed by atoms with E-state index in [4.69, 9.17) is 0 Å². The molecule has 1 aromatic heterocycles. The summed E-state index contributed by atoms with van der Waals surface area (Å²) >= 11 is 0. The Kier molecular flexibility index (Phi) is 5.41. The van der Waals surface area contributed by atoms with Gasteiger partial charge in [0.2, 0.25) is 0 Å². The zero-order chi connectivity index (χ0) is 17.0. The molecule has 1 aromatic rings. The molecule has 1 aliphatic carbocycles. The van der Waals surface area contributed by atoms with Crippen molar-refractivity contribution in [1.29, 1.82) is 0 Å². The molecule has 1 heterocycles. The zero-order valence-corrected chi connectivity index (χ0v) is 14.2. The number of aromatic nitrogens is 1. The molecule has 2 N–H and O–H groups in total. The first-order chi connectivity index (χ1) is 10.8. The lowest BCUT2D eigenvalue weighted by Gasteiger charge is -2.15. The SMILES string of the molecule is CC(C)S(=O)(=O)/C=C/CNC(=O)c1cc2c([nH]c1=O)CCCC2. The van der Waals surface area contributed by atoms with E-state index >= 15 is 0 Å². The van der Waals surface area contributed by atoms with E-state index in [1.807, 2.05) is 0 Å². The van der Waals surface area contributed by atoms with Crippen LogP contribution in [0.4, 0.5) is 0 Å². The number of fused-ring (bicyclic) bond motifs is 1. The van der Waals surface area contributed by atoms with E-state index in [0.717, 1.165) is 42.3 Å². The predicted octanol–water partition coefficient (Wildman–Crippen LogP) is 1.32. The number of nitrogens with one attached hydrogen (secondary N) is 2. The van der Waals surface area contributed by atoms with Gasteiger partial charge in [-0.25, -0.2) is 8.42 Å². The lowest BCUT2D eigenvalue weighted by Crippen LogP contribution is -2.31. The summed E-state index contributed by atoms with van der Waals surface area (Å²) in [6, 6.07) is 1.65. The van der Waals surface area contributed by atoms with Crippen molar-refractivity contribution in [3.8, 4) is 0 Å². The van der Waals surface area contributed by atoms with Gasteiger partial charge in [0.1, 0.15) is 5.56 Å². The van der Waals surface area contributed by atoms with Gasteiger partial charge in [0, 0.05) is 17.6 Å². The highest BCUT2D eigenvalue weighted by Gasteiger charge is 2.16. The molecule has 0 spiro atoms. The van der Waals surface area contributed by atoms with E-state index in [1.54, 1.807) is 19.9 Å². The Morgan fingerprint density at radius 3 is 2.74 bits per heavy atom. The molecule has 1 aliphatic rings. The van der Waals surface area contributed by atoms with E-state index in [-0.39, 0.29) is 12.1 Å². The van der Waals surface area contributed by atoms with Gasteiger partial charge in [0.05, 0.1) is 5.25 Å². The molecule has 0 aliphatic heterocycles. The standard InChI is InChI=1S/C16H22N2O4S/c1-11(2)23(21,22)9-5-8-17-15(19)13-10-12-6-3-4-7-14(12)18-16(13)20/h5,9-11H,3-4,6-8H2,1-2H3,(H,17,19)(H,18,20)/b9-5+. The van der Waals surface area contributed by atoms with Crippen LogP contribution in [-0.2, 0) is 22.7 Å². The summed E-state index contributed by atoms with van der Waals surface area (Å²) in [6.07, 6.45) is 5.17. The largest absolute Gasteiger partial charge is 0.348 e. The quantitative estimate of drug-likeness (QED) is 0.846. The molecule has 0 atom stereocenters. The number of hydrogen-bond donors (Lipinski definition) is 2. The molecule has 126 valence electrons. The summed E-state index contributed by atoms with van der Waals surface area (Å²) in [6.45, 7) is 3.23. The van der Waals surface area contributed by atoms with Crippen LogP contribution in [0.25, 0.3) is 0 Å². The minimum absolute atomic E-state index is 0.0569. The number of pyridine rings is 1. The summed E-state index contributed by atoms with van der Waals surface area (Å²) in [7, 11) is -3.28. The fraction of sp³-hybridized carbons (Fsp3) is 0.500. The molecule has 0 saturated heterocycles. The van der Waals surface area contributed by atoms with Crippen LogP contribution in [0.15, 0.2) is 22.3 Å². The van der Waals surface area contributed by atoms with Crippen molar-refractivity contribution in [2.24, 2.45) is 0 Å². The van der Waals surface area contributed by atoms with Crippen LogP contribution in [0.3, 0.4) is 0 Å². The third-order valence-corrected chi connectivity index (χ3v) is 5.79. The lowest BCUT2D eigenvalue weighted by atomic mass is 9.95. The average Bonchev–Trinajstić information content (AvgIpc) is 2.50. The van der Waals surface area contributed by atoms with Crippen LogP contribution < -0.4 is 10.9 Å². The Balaban J connectivity index is 2.04. The first-order valence-electron chi connectivity index (χ1n) is 7.75. The molecule has 0 fully saturated rings. The summed E-state index contributed by atoms with van der Waals surface area (Å²) in [5.74, 6) is -0.494. The summed E-state index contributed by atoms with van der Waals surface area (Å²) in [4.78, 5) is 26.9. The van der Waals surface area contributed by atoms with Crippen molar-refractivity contribution >= 4 is 15.7 Å². The van der Waals surface area contributed by atoms with E-state index in [2.05, 4.69) is 10.3 Å². The highest BCUT2D eigenvalue weighted by atomic mass is 32.2. The Labute approximate surface area is 135 Å². The van der Waals surface area contributed by atoms with Crippen LogP contribution in [0.5, 0.6) is 0 Å². The number of aromatic amines is 1. The molecule has 2 rings (SSSR count). The average molecular weight is 338 g/mol. The third kappa shape index (κ3) is 4.31. The van der Waals surface area contributed by atoms with E-state index in [1.165, 1.54) is 6.08 Å². The van der Waals surface area contributed by atoms with E-state index in [9.17, 15) is 18.0 Å². The monoisotopic (exact) mass is 338 g/mol. The highest BCUT2D eigenvalue weighted by molar-refractivity contribution is 7.94. The van der Waals surface area contributed by atoms with Crippen molar-refractivity contribution in [2.75, 3.05) is 6.54 Å². The minimum atomic E-state index is -3.28. The summed E-state index contributed by atoms with van der Waals surface area (Å²) in [5.41, 5.74) is 1.60. The smallest absolute Gasteiger partial charge is 0.261 e. The molecule has 23 heavy (non-hydrogen) atoms. The molecule has 0 aromatic carbocycles. The second-order valence-corrected chi connectivity index (χ2v) is 8.34. The molecule has 0 saturated carbocycles. The van der Waals surface area contributed by atoms with Crippen LogP contribution in [0.2, 0.25) is 0 Å². The number of H-pyrrole nitrogens is 1. The molecular weight excluding hydrogens is 316 g/mol. The fourth-order valence-corrected chi connectivity index (χ4v) is 3.11. The van der Waals surface area contributed by atoms with Crippen molar-refractivity contribution in [2.45, 2.75) is 44.8 Å². The van der Waals surface area contributed by atoms with Gasteiger partial charge in [-0.1, -0.05) is 6.08 Å². The zero-order valence-electron chi connectivity index (χ0n) is 13.4. The second kappa shape index (κ2) is 7.12. The van der Waals surface area contributed by atoms with Gasteiger partial charge in [-0.05, 0) is 51.2 Å². The van der Waals surface area contributed by atoms with Gasteiger partial charge in [-0.15, -0.1) is 0 Å². The topological polar surface area (TPSA) is 96.1 Å². The first-order valence-corrected chi connectivity index (χ1v) is 9.36. The van der Waals surface area contributed by atoms with Crippen LogP contribution in [-0.4, -0.2) is 31.1 Å². The van der Waals surface area contributed by atoms with Gasteiger partial charge in [-0.2, -0.15) is 0 Å². The number of rotatable bonds is 5. The Hall–Kier alpha value is -1.89.